The average Bonchev–Trinajstić information content (AvgIpc) is 3.39. The van der Waals surface area contributed by atoms with Gasteiger partial charge in [0.05, 0.1) is 23.7 Å². The molecule has 0 bridgehead atoms. The molecule has 6 rings (SSSR count). The highest BCUT2D eigenvalue weighted by Crippen LogP contribution is 2.42. The Kier molecular flexibility index (Phi) is 5.71. The van der Waals surface area contributed by atoms with Crippen molar-refractivity contribution in [2.24, 2.45) is 16.8 Å². The van der Waals surface area contributed by atoms with Gasteiger partial charge in [0.2, 0.25) is 5.91 Å². The summed E-state index contributed by atoms with van der Waals surface area (Å²) in [6.07, 6.45) is 8.66. The highest BCUT2D eigenvalue weighted by molar-refractivity contribution is 7.19. The Morgan fingerprint density at radius 1 is 1.26 bits per heavy atom. The van der Waals surface area contributed by atoms with Crippen LogP contribution in [-0.4, -0.2) is 46.7 Å². The Bertz CT molecular complexity index is 1330. The van der Waals surface area contributed by atoms with Gasteiger partial charge < -0.3 is 15.0 Å². The molecule has 3 aliphatic rings. The molecule has 3 heterocycles. The van der Waals surface area contributed by atoms with E-state index in [0.29, 0.717) is 18.4 Å². The zero-order valence-corrected chi connectivity index (χ0v) is 21.3. The molecule has 1 amide bonds. The fourth-order valence-corrected chi connectivity index (χ4v) is 6.49. The number of carbonyl (C=O) groups is 1. The van der Waals surface area contributed by atoms with Crippen LogP contribution in [0.25, 0.3) is 10.2 Å². The molecule has 1 fully saturated rings. The number of thiophene rings is 1. The smallest absolute Gasteiger partial charge is 0.225 e. The second kappa shape index (κ2) is 8.90. The predicted octanol–water partition coefficient (Wildman–Crippen LogP) is 5.13. The monoisotopic (exact) mass is 489 g/mol. The van der Waals surface area contributed by atoms with Crippen LogP contribution in [0.5, 0.6) is 5.75 Å². The highest BCUT2D eigenvalue weighted by atomic mass is 32.1. The van der Waals surface area contributed by atoms with Gasteiger partial charge in [-0.2, -0.15) is 0 Å². The number of aryl methyl sites for hydroxylation is 1. The number of carbonyl (C=O) groups excluding carboxylic acids is 1. The Hall–Kier alpha value is -3.00. The molecule has 7 nitrogen and oxygen atoms in total. The fraction of sp³-hybridized carbons (Fsp3) is 0.481. The second-order valence-electron chi connectivity index (χ2n) is 10.3. The summed E-state index contributed by atoms with van der Waals surface area (Å²) in [6.45, 7) is 5.66. The number of rotatable bonds is 7. The van der Waals surface area contributed by atoms with Crippen LogP contribution in [0.4, 0.5) is 11.5 Å². The number of nitrogens with zero attached hydrogens (tertiary/aromatic N) is 4. The fourth-order valence-electron chi connectivity index (χ4n) is 5.22. The van der Waals surface area contributed by atoms with E-state index in [1.165, 1.54) is 28.8 Å². The first-order valence-corrected chi connectivity index (χ1v) is 13.4. The molecular formula is C27H31N5O2S. The largest absolute Gasteiger partial charge is 0.489 e. The summed E-state index contributed by atoms with van der Waals surface area (Å²) in [5.74, 6) is 2.67. The minimum absolute atomic E-state index is 0.0581. The van der Waals surface area contributed by atoms with Crippen molar-refractivity contribution >= 4 is 45.2 Å². The standard InChI is InChI=1S/C27H31N5O2S/c1-15(2)34-22-9-19-12-28-11-18(19)8-21(22)31-25-24-20-7-6-17(27(33)32(3)13-16-4-5-16)10-23(20)35-26(24)30-14-29-25/h8-9,11,14-17H,4-7,10,12-13H2,1-3H3,(H,29,30,31). The van der Waals surface area contributed by atoms with E-state index in [-0.39, 0.29) is 12.0 Å². The first kappa shape index (κ1) is 22.5. The predicted molar refractivity (Wildman–Crippen MR) is 140 cm³/mol. The third kappa shape index (κ3) is 4.40. The minimum atomic E-state index is 0.0581. The number of hydrogen-bond acceptors (Lipinski definition) is 7. The van der Waals surface area contributed by atoms with E-state index < -0.39 is 0 Å². The molecule has 2 aliphatic carbocycles. The third-order valence-electron chi connectivity index (χ3n) is 7.15. The van der Waals surface area contributed by atoms with Gasteiger partial charge in [0.15, 0.2) is 0 Å². The summed E-state index contributed by atoms with van der Waals surface area (Å²) in [5, 5.41) is 4.64. The lowest BCUT2D eigenvalue weighted by molar-refractivity contribution is -0.134. The number of benzene rings is 1. The summed E-state index contributed by atoms with van der Waals surface area (Å²) in [5.41, 5.74) is 4.46. The number of aromatic nitrogens is 2. The number of aliphatic imine (C=N–C) groups is 1. The van der Waals surface area contributed by atoms with Crippen LogP contribution in [-0.2, 0) is 24.2 Å². The molecule has 1 atom stereocenters. The molecule has 1 aromatic carbocycles. The molecule has 1 unspecified atom stereocenters. The van der Waals surface area contributed by atoms with Crippen LogP contribution in [0.2, 0.25) is 0 Å². The van der Waals surface area contributed by atoms with E-state index in [1.807, 2.05) is 32.0 Å². The van der Waals surface area contributed by atoms with Gasteiger partial charge in [-0.05, 0) is 80.7 Å². The lowest BCUT2D eigenvalue weighted by atomic mass is 9.87. The molecule has 1 aliphatic heterocycles. The Morgan fingerprint density at radius 2 is 2.11 bits per heavy atom. The lowest BCUT2D eigenvalue weighted by Crippen LogP contribution is -2.36. The third-order valence-corrected chi connectivity index (χ3v) is 8.31. The number of fused-ring (bicyclic) bond motifs is 4. The minimum Gasteiger partial charge on any atom is -0.489 e. The molecule has 2 aromatic heterocycles. The number of amides is 1. The maximum Gasteiger partial charge on any atom is 0.225 e. The highest BCUT2D eigenvalue weighted by Gasteiger charge is 2.33. The van der Waals surface area contributed by atoms with Crippen LogP contribution in [0.3, 0.4) is 0 Å². The summed E-state index contributed by atoms with van der Waals surface area (Å²) < 4.78 is 6.14. The van der Waals surface area contributed by atoms with Crippen molar-refractivity contribution < 1.29 is 9.53 Å². The topological polar surface area (TPSA) is 79.7 Å². The van der Waals surface area contributed by atoms with E-state index >= 15 is 0 Å². The van der Waals surface area contributed by atoms with Gasteiger partial charge in [0, 0.05) is 30.6 Å². The number of anilines is 2. The van der Waals surface area contributed by atoms with E-state index in [4.69, 9.17) is 4.74 Å². The van der Waals surface area contributed by atoms with Gasteiger partial charge in [-0.1, -0.05) is 0 Å². The van der Waals surface area contributed by atoms with E-state index in [2.05, 4.69) is 32.4 Å². The van der Waals surface area contributed by atoms with E-state index in [1.54, 1.807) is 17.7 Å². The Morgan fingerprint density at radius 3 is 2.91 bits per heavy atom. The molecule has 0 saturated heterocycles. The van der Waals surface area contributed by atoms with Gasteiger partial charge in [-0.15, -0.1) is 11.3 Å². The number of ether oxygens (including phenoxy) is 1. The van der Waals surface area contributed by atoms with Gasteiger partial charge in [-0.3, -0.25) is 9.79 Å². The normalized spacial score (nSPS) is 18.6. The maximum absolute atomic E-state index is 13.1. The van der Waals surface area contributed by atoms with Crippen molar-refractivity contribution in [1.29, 1.82) is 0 Å². The van der Waals surface area contributed by atoms with Crippen molar-refractivity contribution in [3.63, 3.8) is 0 Å². The van der Waals surface area contributed by atoms with Gasteiger partial charge >= 0.3 is 0 Å². The molecule has 3 aromatic rings. The van der Waals surface area contributed by atoms with Crippen LogP contribution >= 0.6 is 11.3 Å². The van der Waals surface area contributed by atoms with Crippen molar-refractivity contribution in [3.8, 4) is 5.75 Å². The molecule has 1 N–H and O–H groups in total. The molecule has 8 heteroatoms. The first-order valence-electron chi connectivity index (χ1n) is 12.6. The van der Waals surface area contributed by atoms with Crippen LogP contribution in [0.1, 0.15) is 54.7 Å². The van der Waals surface area contributed by atoms with Crippen LogP contribution < -0.4 is 10.1 Å². The SMILES string of the molecule is CC(C)Oc1cc2c(cc1Nc1ncnc3sc4c(c13)CCC(C(=O)N(C)CC1CC1)C4)C=NC2. The van der Waals surface area contributed by atoms with Crippen molar-refractivity contribution in [1.82, 2.24) is 14.9 Å². The quantitative estimate of drug-likeness (QED) is 0.498. The molecular weight excluding hydrogens is 458 g/mol. The molecule has 1 saturated carbocycles. The Balaban J connectivity index is 1.30. The number of nitrogens with one attached hydrogen (secondary N) is 1. The van der Waals surface area contributed by atoms with Crippen molar-refractivity contribution in [3.05, 3.63) is 40.0 Å². The summed E-state index contributed by atoms with van der Waals surface area (Å²) >= 11 is 1.70. The zero-order valence-electron chi connectivity index (χ0n) is 20.5. The summed E-state index contributed by atoms with van der Waals surface area (Å²) in [4.78, 5) is 30.9. The van der Waals surface area contributed by atoms with Gasteiger partial charge in [0.25, 0.3) is 0 Å². The van der Waals surface area contributed by atoms with Gasteiger partial charge in [-0.25, -0.2) is 9.97 Å². The summed E-state index contributed by atoms with van der Waals surface area (Å²) in [6, 6.07) is 4.18. The first-order chi connectivity index (χ1) is 17.0. The Labute approximate surface area is 209 Å². The molecule has 0 spiro atoms. The summed E-state index contributed by atoms with van der Waals surface area (Å²) in [7, 11) is 1.97. The van der Waals surface area contributed by atoms with Crippen molar-refractivity contribution in [2.75, 3.05) is 18.9 Å². The molecule has 0 radical (unpaired) electrons. The second-order valence-corrected chi connectivity index (χ2v) is 11.4. The lowest BCUT2D eigenvalue weighted by Gasteiger charge is -2.26. The van der Waals surface area contributed by atoms with Gasteiger partial charge in [0.1, 0.15) is 22.7 Å². The van der Waals surface area contributed by atoms with Crippen LogP contribution in [0, 0.1) is 11.8 Å². The molecule has 35 heavy (non-hydrogen) atoms. The molecule has 182 valence electrons. The zero-order chi connectivity index (χ0) is 24.1. The number of hydrogen-bond donors (Lipinski definition) is 1. The average molecular weight is 490 g/mol. The van der Waals surface area contributed by atoms with Crippen LogP contribution in [0.15, 0.2) is 23.5 Å². The van der Waals surface area contributed by atoms with E-state index in [0.717, 1.165) is 58.8 Å². The van der Waals surface area contributed by atoms with E-state index in [9.17, 15) is 4.79 Å². The van der Waals surface area contributed by atoms with Crippen molar-refractivity contribution in [2.45, 2.75) is 58.6 Å². The maximum atomic E-state index is 13.1.